The van der Waals surface area contributed by atoms with Gasteiger partial charge in [0.1, 0.15) is 5.82 Å². The molecule has 2 atom stereocenters. The maximum absolute atomic E-state index is 12.8. The number of rotatable bonds is 5. The van der Waals surface area contributed by atoms with Gasteiger partial charge in [-0.05, 0) is 24.1 Å². The van der Waals surface area contributed by atoms with Crippen molar-refractivity contribution in [3.8, 4) is 0 Å². The molecule has 0 bridgehead atoms. The Bertz CT molecular complexity index is 343. The number of benzene rings is 1. The zero-order valence-electron chi connectivity index (χ0n) is 8.78. The first-order valence-electron chi connectivity index (χ1n) is 4.96. The zero-order valence-corrected chi connectivity index (χ0v) is 9.60. The molecule has 0 aliphatic carbocycles. The molecule has 0 fully saturated rings. The van der Waals surface area contributed by atoms with Crippen molar-refractivity contribution in [1.29, 1.82) is 0 Å². The molecule has 0 aliphatic rings. The third-order valence-corrected chi connectivity index (χ3v) is 3.60. The highest BCUT2D eigenvalue weighted by Gasteiger charge is 2.07. The molecule has 2 nitrogen and oxygen atoms in total. The van der Waals surface area contributed by atoms with Crippen LogP contribution in [0.3, 0.4) is 0 Å². The normalized spacial score (nSPS) is 14.9. The smallest absolute Gasteiger partial charge is 0.123 e. The summed E-state index contributed by atoms with van der Waals surface area (Å²) in [6.45, 7) is 1.96. The highest BCUT2D eigenvalue weighted by molar-refractivity contribution is 7.84. The molecule has 84 valence electrons. The molecule has 15 heavy (non-hydrogen) atoms. The van der Waals surface area contributed by atoms with Crippen molar-refractivity contribution < 1.29 is 8.60 Å². The van der Waals surface area contributed by atoms with E-state index in [1.165, 1.54) is 12.1 Å². The van der Waals surface area contributed by atoms with E-state index in [4.69, 9.17) is 5.73 Å². The largest absolute Gasteiger partial charge is 0.327 e. The molecule has 0 aliphatic heterocycles. The molecule has 0 spiro atoms. The highest BCUT2D eigenvalue weighted by Crippen LogP contribution is 2.07. The van der Waals surface area contributed by atoms with Crippen molar-refractivity contribution in [2.75, 3.05) is 5.75 Å². The Morgan fingerprint density at radius 1 is 1.53 bits per heavy atom. The van der Waals surface area contributed by atoms with Crippen LogP contribution in [0.5, 0.6) is 0 Å². The second-order valence-electron chi connectivity index (χ2n) is 3.55. The molecule has 1 rings (SSSR count). The minimum atomic E-state index is -1.00. The van der Waals surface area contributed by atoms with Gasteiger partial charge in [0, 0.05) is 28.3 Å². The Kier molecular flexibility index (Phi) is 4.91. The topological polar surface area (TPSA) is 43.1 Å². The van der Waals surface area contributed by atoms with Gasteiger partial charge in [-0.3, -0.25) is 4.21 Å². The molecule has 0 saturated carbocycles. The summed E-state index contributed by atoms with van der Waals surface area (Å²) in [5, 5.41) is 0. The van der Waals surface area contributed by atoms with Crippen LogP contribution in [0.2, 0.25) is 0 Å². The van der Waals surface area contributed by atoms with E-state index in [-0.39, 0.29) is 11.9 Å². The van der Waals surface area contributed by atoms with Gasteiger partial charge in [0.25, 0.3) is 0 Å². The predicted octanol–water partition coefficient (Wildman–Crippen LogP) is 1.81. The fourth-order valence-corrected chi connectivity index (χ4v) is 2.61. The number of halogens is 1. The lowest BCUT2D eigenvalue weighted by Gasteiger charge is -2.08. The number of hydrogen-bond acceptors (Lipinski definition) is 2. The average molecular weight is 229 g/mol. The summed E-state index contributed by atoms with van der Waals surface area (Å²) in [6, 6.07) is 6.17. The van der Waals surface area contributed by atoms with Crippen LogP contribution in [0.15, 0.2) is 24.3 Å². The minimum Gasteiger partial charge on any atom is -0.327 e. The summed E-state index contributed by atoms with van der Waals surface area (Å²) < 4.78 is 24.4. The lowest BCUT2D eigenvalue weighted by Crippen LogP contribution is -2.26. The molecule has 2 N–H and O–H groups in total. The van der Waals surface area contributed by atoms with Crippen molar-refractivity contribution in [2.24, 2.45) is 5.73 Å². The van der Waals surface area contributed by atoms with Gasteiger partial charge < -0.3 is 5.73 Å². The first-order valence-corrected chi connectivity index (χ1v) is 6.45. The average Bonchev–Trinajstić information content (AvgIpc) is 2.17. The molecule has 4 heteroatoms. The van der Waals surface area contributed by atoms with E-state index in [2.05, 4.69) is 0 Å². The Morgan fingerprint density at radius 3 is 2.87 bits per heavy atom. The molecule has 0 aromatic heterocycles. The van der Waals surface area contributed by atoms with Gasteiger partial charge in [0.15, 0.2) is 0 Å². The van der Waals surface area contributed by atoms with Crippen molar-refractivity contribution in [3.05, 3.63) is 35.6 Å². The maximum atomic E-state index is 12.8. The molecule has 0 radical (unpaired) electrons. The van der Waals surface area contributed by atoms with Crippen LogP contribution in [0, 0.1) is 5.82 Å². The Labute approximate surface area is 92.1 Å². The van der Waals surface area contributed by atoms with Crippen LogP contribution >= 0.6 is 0 Å². The van der Waals surface area contributed by atoms with Gasteiger partial charge in [-0.1, -0.05) is 19.1 Å². The summed E-state index contributed by atoms with van der Waals surface area (Å²) in [4.78, 5) is 0. The lowest BCUT2D eigenvalue weighted by atomic mass is 10.2. The van der Waals surface area contributed by atoms with E-state index in [1.54, 1.807) is 12.1 Å². The molecule has 1 aromatic carbocycles. The van der Waals surface area contributed by atoms with Gasteiger partial charge in [0.2, 0.25) is 0 Å². The van der Waals surface area contributed by atoms with Crippen molar-refractivity contribution in [2.45, 2.75) is 25.1 Å². The lowest BCUT2D eigenvalue weighted by molar-refractivity contribution is 0.626. The van der Waals surface area contributed by atoms with E-state index in [9.17, 15) is 8.60 Å². The molecule has 2 unspecified atom stereocenters. The Balaban J connectivity index is 2.51. The quantitative estimate of drug-likeness (QED) is 0.836. The number of hydrogen-bond donors (Lipinski definition) is 1. The molecular weight excluding hydrogens is 213 g/mol. The zero-order chi connectivity index (χ0) is 11.3. The summed E-state index contributed by atoms with van der Waals surface area (Å²) in [7, 11) is -1.00. The maximum Gasteiger partial charge on any atom is 0.123 e. The van der Waals surface area contributed by atoms with Crippen LogP contribution in [0.1, 0.15) is 18.9 Å². The second-order valence-corrected chi connectivity index (χ2v) is 5.05. The fraction of sp³-hybridized carbons (Fsp3) is 0.455. The third kappa shape index (κ3) is 4.53. The van der Waals surface area contributed by atoms with Crippen molar-refractivity contribution >= 4 is 10.8 Å². The second kappa shape index (κ2) is 5.98. The third-order valence-electron chi connectivity index (χ3n) is 2.14. The first kappa shape index (κ1) is 12.3. The molecule has 0 saturated heterocycles. The van der Waals surface area contributed by atoms with Crippen LogP contribution in [0.4, 0.5) is 4.39 Å². The molecule has 1 aromatic rings. The van der Waals surface area contributed by atoms with Gasteiger partial charge in [-0.15, -0.1) is 0 Å². The van der Waals surface area contributed by atoms with E-state index in [0.717, 1.165) is 12.0 Å². The standard InChI is InChI=1S/C11H16FNOS/c1-2-11(13)8-15(14)7-9-4-3-5-10(12)6-9/h3-6,11H,2,7-8,13H2,1H3. The predicted molar refractivity (Wildman–Crippen MR) is 61.4 cm³/mol. The SMILES string of the molecule is CCC(N)CS(=O)Cc1cccc(F)c1. The van der Waals surface area contributed by atoms with Crippen LogP contribution in [-0.4, -0.2) is 16.0 Å². The Morgan fingerprint density at radius 2 is 2.27 bits per heavy atom. The monoisotopic (exact) mass is 229 g/mol. The molecule has 0 amide bonds. The van der Waals surface area contributed by atoms with Crippen LogP contribution < -0.4 is 5.73 Å². The minimum absolute atomic E-state index is 0.0283. The van der Waals surface area contributed by atoms with Gasteiger partial charge >= 0.3 is 0 Å². The Hall–Kier alpha value is -0.740. The van der Waals surface area contributed by atoms with Crippen LogP contribution in [0.25, 0.3) is 0 Å². The van der Waals surface area contributed by atoms with E-state index < -0.39 is 10.8 Å². The van der Waals surface area contributed by atoms with Gasteiger partial charge in [-0.25, -0.2) is 4.39 Å². The fourth-order valence-electron chi connectivity index (χ4n) is 1.23. The summed E-state index contributed by atoms with van der Waals surface area (Å²) >= 11 is 0. The van der Waals surface area contributed by atoms with E-state index in [1.807, 2.05) is 6.92 Å². The van der Waals surface area contributed by atoms with E-state index >= 15 is 0 Å². The van der Waals surface area contributed by atoms with Gasteiger partial charge in [0.05, 0.1) is 0 Å². The molecule has 0 heterocycles. The summed E-state index contributed by atoms with van der Waals surface area (Å²) in [5.74, 6) is 0.572. The highest BCUT2D eigenvalue weighted by atomic mass is 32.2. The van der Waals surface area contributed by atoms with E-state index in [0.29, 0.717) is 11.5 Å². The van der Waals surface area contributed by atoms with Crippen molar-refractivity contribution in [3.63, 3.8) is 0 Å². The molecular formula is C11H16FNOS. The number of nitrogens with two attached hydrogens (primary N) is 1. The summed E-state index contributed by atoms with van der Waals surface area (Å²) in [5.41, 5.74) is 6.45. The van der Waals surface area contributed by atoms with Crippen molar-refractivity contribution in [1.82, 2.24) is 0 Å². The summed E-state index contributed by atoms with van der Waals surface area (Å²) in [6.07, 6.45) is 0.814. The first-order chi connectivity index (χ1) is 7.11. The van der Waals surface area contributed by atoms with Gasteiger partial charge in [-0.2, -0.15) is 0 Å². The van der Waals surface area contributed by atoms with Crippen LogP contribution in [-0.2, 0) is 16.6 Å².